The molecule has 0 bridgehead atoms. The molecule has 2 heterocycles. The third kappa shape index (κ3) is 3.81. The minimum Gasteiger partial charge on any atom is -0.493 e. The van der Waals surface area contributed by atoms with Crippen LogP contribution in [0, 0.1) is 0 Å². The Balaban J connectivity index is 1.67. The Bertz CT molecular complexity index is 1150. The molecule has 0 spiro atoms. The number of ether oxygens (including phenoxy) is 2. The maximum atomic E-state index is 13.3. The predicted molar refractivity (Wildman–Crippen MR) is 114 cm³/mol. The summed E-state index contributed by atoms with van der Waals surface area (Å²) in [6.07, 6.45) is 0.685. The van der Waals surface area contributed by atoms with Crippen molar-refractivity contribution >= 4 is 19.7 Å². The molecule has 162 valence electrons. The Morgan fingerprint density at radius 2 is 1.60 bits per heavy atom. The van der Waals surface area contributed by atoms with E-state index in [1.807, 2.05) is 17.0 Å². The second kappa shape index (κ2) is 7.86. The molecule has 0 N–H and O–H groups in total. The fourth-order valence-electron chi connectivity index (χ4n) is 4.41. The number of fused-ring (bicyclic) bond motifs is 1. The highest BCUT2D eigenvalue weighted by molar-refractivity contribution is 7.96. The first kappa shape index (κ1) is 21.1. The van der Waals surface area contributed by atoms with Crippen molar-refractivity contribution in [2.75, 3.05) is 32.3 Å². The van der Waals surface area contributed by atoms with Gasteiger partial charge in [0.1, 0.15) is 0 Å². The average molecular weight is 452 g/mol. The standard InChI is InChI=1S/C21H25NO6S2/c1-27-19-10-15-8-9-22(12-16(15)11-20(19)28-2)18-13-29(23,24)14-21(18)30(25,26)17-6-4-3-5-7-17/h3-7,10-11,18,21H,8-9,12-14H2,1-2H3/t18-,21-/m0/s1. The van der Waals surface area contributed by atoms with E-state index in [9.17, 15) is 16.8 Å². The first-order valence-electron chi connectivity index (χ1n) is 9.72. The zero-order valence-electron chi connectivity index (χ0n) is 16.9. The maximum absolute atomic E-state index is 13.3. The highest BCUT2D eigenvalue weighted by atomic mass is 32.2. The van der Waals surface area contributed by atoms with Crippen molar-refractivity contribution in [1.29, 1.82) is 0 Å². The first-order chi connectivity index (χ1) is 14.2. The molecule has 0 radical (unpaired) electrons. The van der Waals surface area contributed by atoms with Gasteiger partial charge in [-0.2, -0.15) is 0 Å². The first-order valence-corrected chi connectivity index (χ1v) is 13.1. The molecule has 0 amide bonds. The smallest absolute Gasteiger partial charge is 0.183 e. The van der Waals surface area contributed by atoms with Crippen molar-refractivity contribution < 1.29 is 26.3 Å². The molecule has 2 atom stereocenters. The highest BCUT2D eigenvalue weighted by Crippen LogP contribution is 2.36. The molecule has 2 aromatic carbocycles. The van der Waals surface area contributed by atoms with Crippen LogP contribution in [0.3, 0.4) is 0 Å². The van der Waals surface area contributed by atoms with Crippen molar-refractivity contribution in [1.82, 2.24) is 4.90 Å². The lowest BCUT2D eigenvalue weighted by atomic mass is 9.97. The second-order valence-electron chi connectivity index (χ2n) is 7.74. The molecule has 0 saturated carbocycles. The zero-order valence-corrected chi connectivity index (χ0v) is 18.6. The SMILES string of the molecule is COc1cc2c(cc1OC)CN([C@H]1CS(=O)(=O)C[C@@H]1S(=O)(=O)c1ccccc1)CC2. The quantitative estimate of drug-likeness (QED) is 0.683. The third-order valence-corrected chi connectivity index (χ3v) is 10.1. The molecule has 1 saturated heterocycles. The fourth-order valence-corrected chi connectivity index (χ4v) is 9.26. The van der Waals surface area contributed by atoms with Crippen LogP contribution in [0.25, 0.3) is 0 Å². The van der Waals surface area contributed by atoms with Crippen LogP contribution in [0.2, 0.25) is 0 Å². The highest BCUT2D eigenvalue weighted by Gasteiger charge is 2.48. The molecule has 30 heavy (non-hydrogen) atoms. The number of benzene rings is 2. The number of hydrogen-bond donors (Lipinski definition) is 0. The van der Waals surface area contributed by atoms with Gasteiger partial charge in [0.05, 0.1) is 35.9 Å². The Labute approximate surface area is 177 Å². The lowest BCUT2D eigenvalue weighted by Gasteiger charge is -2.36. The number of nitrogens with zero attached hydrogens (tertiary/aromatic N) is 1. The van der Waals surface area contributed by atoms with Gasteiger partial charge < -0.3 is 9.47 Å². The molecule has 0 aromatic heterocycles. The van der Waals surface area contributed by atoms with Crippen molar-refractivity contribution in [2.45, 2.75) is 29.2 Å². The maximum Gasteiger partial charge on any atom is 0.183 e. The van der Waals surface area contributed by atoms with E-state index in [1.54, 1.807) is 32.4 Å². The Morgan fingerprint density at radius 1 is 0.967 bits per heavy atom. The molecule has 9 heteroatoms. The van der Waals surface area contributed by atoms with Crippen LogP contribution in [0.1, 0.15) is 11.1 Å². The average Bonchev–Trinajstić information content (AvgIpc) is 3.09. The van der Waals surface area contributed by atoms with E-state index in [2.05, 4.69) is 0 Å². The van der Waals surface area contributed by atoms with E-state index >= 15 is 0 Å². The van der Waals surface area contributed by atoms with Gasteiger partial charge in [-0.3, -0.25) is 4.90 Å². The van der Waals surface area contributed by atoms with E-state index in [-0.39, 0.29) is 16.4 Å². The van der Waals surface area contributed by atoms with Crippen molar-refractivity contribution in [3.05, 3.63) is 53.6 Å². The van der Waals surface area contributed by atoms with Crippen molar-refractivity contribution in [3.8, 4) is 11.5 Å². The van der Waals surface area contributed by atoms with Crippen LogP contribution in [-0.2, 0) is 32.6 Å². The van der Waals surface area contributed by atoms with Gasteiger partial charge >= 0.3 is 0 Å². The van der Waals surface area contributed by atoms with Gasteiger partial charge in [-0.05, 0) is 41.8 Å². The molecule has 0 aliphatic carbocycles. The van der Waals surface area contributed by atoms with Crippen LogP contribution in [-0.4, -0.2) is 65.3 Å². The summed E-state index contributed by atoms with van der Waals surface area (Å²) in [4.78, 5) is 2.16. The van der Waals surface area contributed by atoms with Gasteiger partial charge in [-0.1, -0.05) is 18.2 Å². The van der Waals surface area contributed by atoms with Crippen molar-refractivity contribution in [3.63, 3.8) is 0 Å². The van der Waals surface area contributed by atoms with Gasteiger partial charge in [-0.15, -0.1) is 0 Å². The molecule has 4 rings (SSSR count). The summed E-state index contributed by atoms with van der Waals surface area (Å²) in [6.45, 7) is 1.06. The van der Waals surface area contributed by atoms with E-state index in [0.29, 0.717) is 31.0 Å². The van der Waals surface area contributed by atoms with Crippen molar-refractivity contribution in [2.24, 2.45) is 0 Å². The van der Waals surface area contributed by atoms with Gasteiger partial charge in [0.15, 0.2) is 31.2 Å². The minimum atomic E-state index is -3.77. The molecule has 2 aromatic rings. The van der Waals surface area contributed by atoms with Gasteiger partial charge in [-0.25, -0.2) is 16.8 Å². The molecule has 0 unspecified atom stereocenters. The Kier molecular flexibility index (Phi) is 5.54. The Morgan fingerprint density at radius 3 is 2.23 bits per heavy atom. The minimum absolute atomic E-state index is 0.146. The fraction of sp³-hybridized carbons (Fsp3) is 0.429. The summed E-state index contributed by atoms with van der Waals surface area (Å²) in [5, 5.41) is -0.980. The largest absolute Gasteiger partial charge is 0.493 e. The van der Waals surface area contributed by atoms with E-state index in [1.165, 1.54) is 12.1 Å². The van der Waals surface area contributed by atoms with Gasteiger partial charge in [0.2, 0.25) is 0 Å². The Hall–Kier alpha value is -2.10. The van der Waals surface area contributed by atoms with Crippen LogP contribution >= 0.6 is 0 Å². The second-order valence-corrected chi connectivity index (χ2v) is 12.1. The molecule has 1 fully saturated rings. The molecular weight excluding hydrogens is 426 g/mol. The molecular formula is C21H25NO6S2. The molecule has 7 nitrogen and oxygen atoms in total. The van der Waals surface area contributed by atoms with Crippen LogP contribution in [0.5, 0.6) is 11.5 Å². The van der Waals surface area contributed by atoms with Crippen LogP contribution in [0.15, 0.2) is 47.4 Å². The number of sulfone groups is 2. The summed E-state index contributed by atoms with van der Waals surface area (Å²) in [7, 11) is -4.07. The normalized spacial score (nSPS) is 23.7. The van der Waals surface area contributed by atoms with E-state index in [4.69, 9.17) is 9.47 Å². The summed E-state index contributed by atoms with van der Waals surface area (Å²) >= 11 is 0. The summed E-state index contributed by atoms with van der Waals surface area (Å²) < 4.78 is 62.3. The number of hydrogen-bond acceptors (Lipinski definition) is 7. The lowest BCUT2D eigenvalue weighted by molar-refractivity contribution is 0.195. The van der Waals surface area contributed by atoms with E-state index < -0.39 is 31.0 Å². The van der Waals surface area contributed by atoms with E-state index in [0.717, 1.165) is 11.1 Å². The number of methoxy groups -OCH3 is 2. The summed E-state index contributed by atoms with van der Waals surface area (Å²) in [5.41, 5.74) is 2.10. The molecule has 2 aliphatic rings. The van der Waals surface area contributed by atoms with Gasteiger partial charge in [0.25, 0.3) is 0 Å². The zero-order chi connectivity index (χ0) is 21.5. The third-order valence-electron chi connectivity index (χ3n) is 5.96. The predicted octanol–water partition coefficient (Wildman–Crippen LogP) is 1.70. The topological polar surface area (TPSA) is 90.0 Å². The van der Waals surface area contributed by atoms with Crippen LogP contribution in [0.4, 0.5) is 0 Å². The van der Waals surface area contributed by atoms with Gasteiger partial charge in [0, 0.05) is 19.1 Å². The lowest BCUT2D eigenvalue weighted by Crippen LogP contribution is -2.48. The molecule has 2 aliphatic heterocycles. The summed E-state index contributed by atoms with van der Waals surface area (Å²) in [5.74, 6) is 0.763. The van der Waals surface area contributed by atoms with Crippen LogP contribution < -0.4 is 9.47 Å². The monoisotopic (exact) mass is 451 g/mol. The number of rotatable bonds is 5. The summed E-state index contributed by atoms with van der Waals surface area (Å²) in [6, 6.07) is 11.4.